The van der Waals surface area contributed by atoms with Gasteiger partial charge in [-0.2, -0.15) is 0 Å². The quantitative estimate of drug-likeness (QED) is 0.335. The number of hydrogen-bond donors (Lipinski definition) is 2. The van der Waals surface area contributed by atoms with Crippen LogP contribution in [0.3, 0.4) is 0 Å². The topological polar surface area (TPSA) is 107 Å². The van der Waals surface area contributed by atoms with E-state index in [2.05, 4.69) is 29.4 Å². The van der Waals surface area contributed by atoms with Gasteiger partial charge in [0, 0.05) is 12.2 Å². The third-order valence-corrected chi connectivity index (χ3v) is 7.21. The third kappa shape index (κ3) is 5.67. The number of carbonyl (C=O) groups is 1. The zero-order valence-corrected chi connectivity index (χ0v) is 20.4. The second kappa shape index (κ2) is 10.4. The normalized spacial score (nSPS) is 11.6. The first kappa shape index (κ1) is 24.0. The molecule has 0 aliphatic carbocycles. The van der Waals surface area contributed by atoms with E-state index in [1.807, 2.05) is 47.0 Å². The summed E-state index contributed by atoms with van der Waals surface area (Å²) < 4.78 is 25.4. The Morgan fingerprint density at radius 1 is 1.06 bits per heavy atom. The summed E-state index contributed by atoms with van der Waals surface area (Å²) in [5.74, 6) is 0.0419. The van der Waals surface area contributed by atoms with Gasteiger partial charge in [-0.1, -0.05) is 67.2 Å². The molecule has 7 nitrogen and oxygen atoms in total. The van der Waals surface area contributed by atoms with Crippen LogP contribution >= 0.6 is 11.8 Å². The maximum absolute atomic E-state index is 12.8. The van der Waals surface area contributed by atoms with Crippen molar-refractivity contribution in [2.45, 2.75) is 36.4 Å². The molecule has 1 heterocycles. The fourth-order valence-electron chi connectivity index (χ4n) is 3.74. The zero-order chi connectivity index (χ0) is 24.1. The molecule has 0 spiro atoms. The van der Waals surface area contributed by atoms with Gasteiger partial charge >= 0.3 is 0 Å². The Labute approximate surface area is 203 Å². The predicted octanol–water partition coefficient (Wildman–Crippen LogP) is 4.42. The van der Waals surface area contributed by atoms with Gasteiger partial charge in [0.05, 0.1) is 21.7 Å². The number of aromatic nitrogens is 2. The van der Waals surface area contributed by atoms with Crippen LogP contribution in [0.4, 0.5) is 5.69 Å². The van der Waals surface area contributed by atoms with E-state index in [4.69, 9.17) is 5.14 Å². The van der Waals surface area contributed by atoms with Crippen LogP contribution in [0.2, 0.25) is 0 Å². The van der Waals surface area contributed by atoms with E-state index in [9.17, 15) is 13.2 Å². The molecule has 1 amide bonds. The van der Waals surface area contributed by atoms with Crippen LogP contribution in [0.1, 0.15) is 24.5 Å². The number of primary sulfonamides is 1. The molecule has 4 aromatic rings. The summed E-state index contributed by atoms with van der Waals surface area (Å²) in [6.45, 7) is 2.75. The van der Waals surface area contributed by atoms with Crippen LogP contribution < -0.4 is 10.5 Å². The number of anilines is 1. The van der Waals surface area contributed by atoms with Gasteiger partial charge in [-0.05, 0) is 48.2 Å². The molecular weight excluding hydrogens is 468 g/mol. The van der Waals surface area contributed by atoms with Crippen molar-refractivity contribution in [3.63, 3.8) is 0 Å². The maximum atomic E-state index is 12.8. The first-order chi connectivity index (χ1) is 16.3. The summed E-state index contributed by atoms with van der Waals surface area (Å²) in [5, 5.41) is 8.95. The van der Waals surface area contributed by atoms with Crippen molar-refractivity contribution in [1.29, 1.82) is 0 Å². The molecule has 9 heteroatoms. The molecule has 1 aromatic heterocycles. The van der Waals surface area contributed by atoms with Gasteiger partial charge in [0.25, 0.3) is 0 Å². The number of fused-ring (bicyclic) bond motifs is 1. The lowest BCUT2D eigenvalue weighted by atomic mass is 10.0. The van der Waals surface area contributed by atoms with E-state index in [1.165, 1.54) is 29.5 Å². The molecule has 34 heavy (non-hydrogen) atoms. The van der Waals surface area contributed by atoms with Gasteiger partial charge in [0.15, 0.2) is 5.16 Å². The molecule has 0 radical (unpaired) electrons. The molecule has 0 fully saturated rings. The Morgan fingerprint density at radius 3 is 2.53 bits per heavy atom. The van der Waals surface area contributed by atoms with E-state index < -0.39 is 10.0 Å². The van der Waals surface area contributed by atoms with Gasteiger partial charge in [-0.25, -0.2) is 18.5 Å². The van der Waals surface area contributed by atoms with Crippen molar-refractivity contribution < 1.29 is 13.2 Å². The van der Waals surface area contributed by atoms with Crippen molar-refractivity contribution in [3.8, 4) is 0 Å². The fourth-order valence-corrected chi connectivity index (χ4v) is 5.12. The highest BCUT2D eigenvalue weighted by atomic mass is 32.2. The van der Waals surface area contributed by atoms with Gasteiger partial charge in [0.2, 0.25) is 15.9 Å². The number of imidazole rings is 1. The third-order valence-electron chi connectivity index (χ3n) is 5.32. The highest BCUT2D eigenvalue weighted by molar-refractivity contribution is 7.99. The molecule has 0 saturated carbocycles. The van der Waals surface area contributed by atoms with Gasteiger partial charge < -0.3 is 9.88 Å². The van der Waals surface area contributed by atoms with Crippen molar-refractivity contribution in [1.82, 2.24) is 9.55 Å². The van der Waals surface area contributed by atoms with E-state index in [-0.39, 0.29) is 16.6 Å². The average Bonchev–Trinajstić information content (AvgIpc) is 3.16. The second-order valence-corrected chi connectivity index (χ2v) is 10.4. The SMILES string of the molecule is CCCn1c(SCC(=O)Nc2ccccc2Cc2ccccc2)nc2cc(S(N)(=O)=O)ccc21. The lowest BCUT2D eigenvalue weighted by molar-refractivity contribution is -0.113. The summed E-state index contributed by atoms with van der Waals surface area (Å²) in [5.41, 5.74) is 4.35. The lowest BCUT2D eigenvalue weighted by Gasteiger charge is -2.12. The minimum Gasteiger partial charge on any atom is -0.325 e. The summed E-state index contributed by atoms with van der Waals surface area (Å²) in [6, 6.07) is 22.6. The Balaban J connectivity index is 1.50. The summed E-state index contributed by atoms with van der Waals surface area (Å²) in [4.78, 5) is 17.4. The van der Waals surface area contributed by atoms with E-state index in [0.29, 0.717) is 17.2 Å². The predicted molar refractivity (Wildman–Crippen MR) is 136 cm³/mol. The van der Waals surface area contributed by atoms with Crippen molar-refractivity contribution >= 4 is 44.4 Å². The number of amides is 1. The second-order valence-electron chi connectivity index (χ2n) is 7.90. The number of carbonyl (C=O) groups excluding carboxylic acids is 1. The molecule has 3 aromatic carbocycles. The molecule has 0 bridgehead atoms. The van der Waals surface area contributed by atoms with Crippen LogP contribution in [-0.2, 0) is 27.8 Å². The molecule has 4 rings (SSSR count). The molecule has 0 aliphatic rings. The van der Waals surface area contributed by atoms with Crippen LogP contribution in [0.15, 0.2) is 82.8 Å². The number of thioether (sulfide) groups is 1. The number of sulfonamides is 1. The highest BCUT2D eigenvalue weighted by Crippen LogP contribution is 2.27. The largest absolute Gasteiger partial charge is 0.325 e. The van der Waals surface area contributed by atoms with Crippen LogP contribution in [0.5, 0.6) is 0 Å². The minimum absolute atomic E-state index is 0.0189. The Hall–Kier alpha value is -3.14. The van der Waals surface area contributed by atoms with Gasteiger partial charge in [-0.3, -0.25) is 4.79 Å². The number of rotatable bonds is 9. The van der Waals surface area contributed by atoms with Gasteiger partial charge in [-0.15, -0.1) is 0 Å². The smallest absolute Gasteiger partial charge is 0.238 e. The van der Waals surface area contributed by atoms with Crippen LogP contribution in [0, 0.1) is 0 Å². The number of hydrogen-bond acceptors (Lipinski definition) is 5. The highest BCUT2D eigenvalue weighted by Gasteiger charge is 2.16. The lowest BCUT2D eigenvalue weighted by Crippen LogP contribution is -2.16. The minimum atomic E-state index is -3.82. The number of benzene rings is 3. The number of nitrogens with zero attached hydrogens (tertiary/aromatic N) is 2. The Bertz CT molecular complexity index is 1420. The fraction of sp³-hybridized carbons (Fsp3) is 0.200. The monoisotopic (exact) mass is 494 g/mol. The molecule has 0 unspecified atom stereocenters. The van der Waals surface area contributed by atoms with E-state index in [0.717, 1.165) is 29.6 Å². The molecule has 3 N–H and O–H groups in total. The number of aryl methyl sites for hydroxylation is 1. The van der Waals surface area contributed by atoms with Crippen LogP contribution in [0.25, 0.3) is 11.0 Å². The maximum Gasteiger partial charge on any atom is 0.238 e. The Morgan fingerprint density at radius 2 is 1.79 bits per heavy atom. The summed E-state index contributed by atoms with van der Waals surface area (Å²) in [6.07, 6.45) is 1.60. The van der Waals surface area contributed by atoms with Crippen molar-refractivity contribution in [2.24, 2.45) is 5.14 Å². The van der Waals surface area contributed by atoms with Gasteiger partial charge in [0.1, 0.15) is 0 Å². The van der Waals surface area contributed by atoms with Crippen molar-refractivity contribution in [2.75, 3.05) is 11.1 Å². The van der Waals surface area contributed by atoms with Crippen LogP contribution in [-0.4, -0.2) is 29.6 Å². The van der Waals surface area contributed by atoms with E-state index >= 15 is 0 Å². The molecule has 0 atom stereocenters. The zero-order valence-electron chi connectivity index (χ0n) is 18.8. The number of nitrogens with one attached hydrogen (secondary N) is 1. The first-order valence-electron chi connectivity index (χ1n) is 10.9. The Kier molecular flexibility index (Phi) is 7.35. The van der Waals surface area contributed by atoms with Crippen molar-refractivity contribution in [3.05, 3.63) is 83.9 Å². The summed E-state index contributed by atoms with van der Waals surface area (Å²) >= 11 is 1.32. The first-order valence-corrected chi connectivity index (χ1v) is 13.5. The molecule has 0 saturated heterocycles. The molecule has 0 aliphatic heterocycles. The molecular formula is C25H26N4O3S2. The number of para-hydroxylation sites is 1. The summed E-state index contributed by atoms with van der Waals surface area (Å²) in [7, 11) is -3.82. The van der Waals surface area contributed by atoms with E-state index in [1.54, 1.807) is 6.07 Å². The number of nitrogens with two attached hydrogens (primary N) is 1. The average molecular weight is 495 g/mol. The standard InChI is InChI=1S/C25H26N4O3S2/c1-2-14-29-23-13-12-20(34(26,31)32)16-22(23)28-25(29)33-17-24(30)27-21-11-7-6-10-19(21)15-18-8-4-3-5-9-18/h3-13,16H,2,14-15,17H2,1H3,(H,27,30)(H2,26,31,32). The molecule has 176 valence electrons.